The molecule has 0 radical (unpaired) electrons. The van der Waals surface area contributed by atoms with Crippen molar-refractivity contribution in [2.75, 3.05) is 6.61 Å². The summed E-state index contributed by atoms with van der Waals surface area (Å²) in [5.74, 6) is -3.89. The SMILES string of the molecule is CCC1(CC)O[C@@H]2[C@@H](OC(=O)c3ccccc3)[C@H](OC(=O)c3ccccc3)[C@@H](COC(C)=O)OC(OC(C)=O)[C@@H]2O1. The van der Waals surface area contributed by atoms with Crippen LogP contribution in [-0.4, -0.2) is 73.1 Å². The molecule has 0 amide bonds. The van der Waals surface area contributed by atoms with Crippen molar-refractivity contribution in [2.45, 2.75) is 83.1 Å². The van der Waals surface area contributed by atoms with Crippen LogP contribution in [0.1, 0.15) is 61.3 Å². The lowest BCUT2D eigenvalue weighted by molar-refractivity contribution is -0.254. The number of benzene rings is 2. The van der Waals surface area contributed by atoms with Gasteiger partial charge in [-0.3, -0.25) is 9.59 Å². The first-order valence-electron chi connectivity index (χ1n) is 13.5. The molecule has 0 aromatic heterocycles. The number of carbonyl (C=O) groups is 4. The topological polar surface area (TPSA) is 133 Å². The molecule has 0 bridgehead atoms. The van der Waals surface area contributed by atoms with Crippen molar-refractivity contribution < 1.29 is 52.3 Å². The minimum Gasteiger partial charge on any atom is -0.463 e. The predicted molar refractivity (Wildman–Crippen MR) is 141 cm³/mol. The largest absolute Gasteiger partial charge is 0.463 e. The summed E-state index contributed by atoms with van der Waals surface area (Å²) in [4.78, 5) is 50.6. The van der Waals surface area contributed by atoms with E-state index < -0.39 is 73.1 Å². The summed E-state index contributed by atoms with van der Waals surface area (Å²) in [6.45, 7) is 5.71. The van der Waals surface area contributed by atoms with E-state index in [4.69, 9.17) is 33.2 Å². The smallest absolute Gasteiger partial charge is 0.338 e. The number of hydrogen-bond donors (Lipinski definition) is 0. The van der Waals surface area contributed by atoms with Gasteiger partial charge in [0.25, 0.3) is 0 Å². The first-order valence-corrected chi connectivity index (χ1v) is 13.5. The van der Waals surface area contributed by atoms with E-state index in [0.717, 1.165) is 0 Å². The zero-order valence-corrected chi connectivity index (χ0v) is 23.3. The summed E-state index contributed by atoms with van der Waals surface area (Å²) < 4.78 is 41.5. The van der Waals surface area contributed by atoms with Gasteiger partial charge >= 0.3 is 23.9 Å². The Morgan fingerprint density at radius 1 is 0.707 bits per heavy atom. The summed E-state index contributed by atoms with van der Waals surface area (Å²) in [5, 5.41) is 0. The molecule has 2 aliphatic heterocycles. The fourth-order valence-electron chi connectivity index (χ4n) is 4.83. The fourth-order valence-corrected chi connectivity index (χ4v) is 4.83. The Morgan fingerprint density at radius 2 is 1.22 bits per heavy atom. The molecule has 2 saturated heterocycles. The maximum Gasteiger partial charge on any atom is 0.338 e. The highest BCUT2D eigenvalue weighted by Gasteiger charge is 2.60. The van der Waals surface area contributed by atoms with Crippen LogP contribution in [0.25, 0.3) is 0 Å². The number of ether oxygens (including phenoxy) is 7. The molecule has 2 fully saturated rings. The third kappa shape index (κ3) is 7.10. The minimum absolute atomic E-state index is 0.226. The fraction of sp³-hybridized carbons (Fsp3) is 0.467. The predicted octanol–water partition coefficient (Wildman–Crippen LogP) is 3.59. The monoisotopic (exact) mass is 570 g/mol. The molecule has 2 aromatic carbocycles. The average molecular weight is 571 g/mol. The third-order valence-corrected chi connectivity index (χ3v) is 6.93. The molecule has 2 aromatic rings. The van der Waals surface area contributed by atoms with Gasteiger partial charge in [0, 0.05) is 13.8 Å². The maximum atomic E-state index is 13.4. The van der Waals surface area contributed by atoms with Crippen LogP contribution in [-0.2, 0) is 42.7 Å². The molecule has 0 saturated carbocycles. The number of rotatable bonds is 9. The summed E-state index contributed by atoms with van der Waals surface area (Å²) in [7, 11) is 0. The molecular formula is C30H34O11. The van der Waals surface area contributed by atoms with Crippen LogP contribution < -0.4 is 0 Å². The zero-order valence-electron chi connectivity index (χ0n) is 23.3. The highest BCUT2D eigenvalue weighted by molar-refractivity contribution is 5.90. The van der Waals surface area contributed by atoms with Crippen LogP contribution in [0.15, 0.2) is 60.7 Å². The van der Waals surface area contributed by atoms with Crippen molar-refractivity contribution in [3.63, 3.8) is 0 Å². The second kappa shape index (κ2) is 13.2. The Kier molecular flexibility index (Phi) is 9.74. The number of esters is 4. The number of carbonyl (C=O) groups excluding carboxylic acids is 4. The first kappa shape index (κ1) is 30.2. The quantitative estimate of drug-likeness (QED) is 0.324. The van der Waals surface area contributed by atoms with Gasteiger partial charge < -0.3 is 33.2 Å². The molecule has 1 unspecified atom stereocenters. The Balaban J connectivity index is 1.81. The Labute approximate surface area is 237 Å². The Morgan fingerprint density at radius 3 is 1.71 bits per heavy atom. The van der Waals surface area contributed by atoms with Crippen molar-refractivity contribution in [1.82, 2.24) is 0 Å². The van der Waals surface area contributed by atoms with E-state index in [2.05, 4.69) is 0 Å². The van der Waals surface area contributed by atoms with Crippen LogP contribution in [0.2, 0.25) is 0 Å². The first-order chi connectivity index (χ1) is 19.7. The lowest BCUT2D eigenvalue weighted by Gasteiger charge is -2.34. The molecule has 41 heavy (non-hydrogen) atoms. The van der Waals surface area contributed by atoms with E-state index in [1.165, 1.54) is 13.8 Å². The van der Waals surface area contributed by atoms with Crippen molar-refractivity contribution >= 4 is 23.9 Å². The second-order valence-corrected chi connectivity index (χ2v) is 9.71. The van der Waals surface area contributed by atoms with E-state index in [-0.39, 0.29) is 11.1 Å². The lowest BCUT2D eigenvalue weighted by atomic mass is 10.00. The molecule has 0 spiro atoms. The van der Waals surface area contributed by atoms with Crippen molar-refractivity contribution in [2.24, 2.45) is 0 Å². The number of hydrogen-bond acceptors (Lipinski definition) is 11. The summed E-state index contributed by atoms with van der Waals surface area (Å²) >= 11 is 0. The van der Waals surface area contributed by atoms with E-state index in [1.807, 2.05) is 13.8 Å². The molecule has 4 rings (SSSR count). The number of fused-ring (bicyclic) bond motifs is 1. The van der Waals surface area contributed by atoms with Gasteiger partial charge in [-0.15, -0.1) is 0 Å². The van der Waals surface area contributed by atoms with Gasteiger partial charge in [-0.2, -0.15) is 0 Å². The zero-order chi connectivity index (χ0) is 29.6. The van der Waals surface area contributed by atoms with Crippen molar-refractivity contribution in [1.29, 1.82) is 0 Å². The Hall–Kier alpha value is -3.80. The van der Waals surface area contributed by atoms with Gasteiger partial charge in [0.15, 0.2) is 24.1 Å². The molecule has 11 heteroatoms. The molecule has 2 aliphatic rings. The minimum atomic E-state index is -1.36. The molecule has 0 aliphatic carbocycles. The van der Waals surface area contributed by atoms with Crippen LogP contribution in [0, 0.1) is 0 Å². The van der Waals surface area contributed by atoms with E-state index in [1.54, 1.807) is 60.7 Å². The van der Waals surface area contributed by atoms with E-state index >= 15 is 0 Å². The van der Waals surface area contributed by atoms with Crippen molar-refractivity contribution in [3.05, 3.63) is 71.8 Å². The molecule has 2 heterocycles. The molecule has 6 atom stereocenters. The van der Waals surface area contributed by atoms with Gasteiger partial charge in [-0.1, -0.05) is 50.2 Å². The highest BCUT2D eigenvalue weighted by Crippen LogP contribution is 2.42. The van der Waals surface area contributed by atoms with Gasteiger partial charge in [-0.05, 0) is 37.1 Å². The van der Waals surface area contributed by atoms with Crippen molar-refractivity contribution in [3.8, 4) is 0 Å². The summed E-state index contributed by atoms with van der Waals surface area (Å²) in [5.41, 5.74) is 0.468. The van der Waals surface area contributed by atoms with Gasteiger partial charge in [0.05, 0.1) is 11.1 Å². The normalized spacial score (nSPS) is 26.6. The standard InChI is InChI=1S/C30H34O11/c1-5-30(6-2)40-25-24(39-28(34)21-15-11-8-12-16-21)23(38-27(33)20-13-9-7-10-14-20)22(17-35-18(3)31)37-29(26(25)41-30)36-19(4)32/h7-16,22-26,29H,5-6,17H2,1-4H3/t22-,23-,24+,25-,26-,29?/m1/s1. The van der Waals surface area contributed by atoms with Gasteiger partial charge in [-0.25, -0.2) is 9.59 Å². The van der Waals surface area contributed by atoms with Gasteiger partial charge in [0.1, 0.15) is 18.8 Å². The summed E-state index contributed by atoms with van der Waals surface area (Å²) in [6.07, 6.45) is -6.63. The second-order valence-electron chi connectivity index (χ2n) is 9.71. The average Bonchev–Trinajstić information content (AvgIpc) is 3.33. The van der Waals surface area contributed by atoms with E-state index in [9.17, 15) is 19.2 Å². The molecule has 11 nitrogen and oxygen atoms in total. The molecule has 0 N–H and O–H groups in total. The van der Waals surface area contributed by atoms with Crippen LogP contribution in [0.3, 0.4) is 0 Å². The summed E-state index contributed by atoms with van der Waals surface area (Å²) in [6, 6.07) is 16.5. The van der Waals surface area contributed by atoms with E-state index in [0.29, 0.717) is 12.8 Å². The van der Waals surface area contributed by atoms with Crippen LogP contribution in [0.4, 0.5) is 0 Å². The maximum absolute atomic E-state index is 13.4. The van der Waals surface area contributed by atoms with Gasteiger partial charge in [0.2, 0.25) is 6.29 Å². The molecule has 220 valence electrons. The molecular weight excluding hydrogens is 536 g/mol. The third-order valence-electron chi connectivity index (χ3n) is 6.93. The Bertz CT molecular complexity index is 1210. The lowest BCUT2D eigenvalue weighted by Crippen LogP contribution is -2.51. The van der Waals surface area contributed by atoms with Crippen LogP contribution in [0.5, 0.6) is 0 Å². The highest BCUT2D eigenvalue weighted by atomic mass is 16.8. The van der Waals surface area contributed by atoms with Crippen LogP contribution >= 0.6 is 0 Å².